The van der Waals surface area contributed by atoms with Gasteiger partial charge in [-0.1, -0.05) is 0 Å². The predicted octanol–water partition coefficient (Wildman–Crippen LogP) is -0.234. The average molecular weight is 254 g/mol. The van der Waals surface area contributed by atoms with Crippen LogP contribution >= 0.6 is 0 Å². The van der Waals surface area contributed by atoms with Crippen molar-refractivity contribution in [2.75, 3.05) is 33.9 Å². The topological polar surface area (TPSA) is 65.5 Å². The van der Waals surface area contributed by atoms with Gasteiger partial charge in [-0.3, -0.25) is 9.58 Å². The third kappa shape index (κ3) is 2.56. The molecule has 3 unspecified atom stereocenters. The molecule has 6 nitrogen and oxygen atoms in total. The first-order valence-corrected chi connectivity index (χ1v) is 6.17. The van der Waals surface area contributed by atoms with E-state index in [0.717, 1.165) is 18.7 Å². The van der Waals surface area contributed by atoms with Crippen LogP contribution in [-0.2, 0) is 16.5 Å². The fraction of sp³-hybridized carbons (Fsp3) is 0.750. The lowest BCUT2D eigenvalue weighted by Crippen LogP contribution is -2.33. The number of hydrogen-bond donors (Lipinski definition) is 1. The summed E-state index contributed by atoms with van der Waals surface area (Å²) in [4.78, 5) is 2.30. The van der Waals surface area contributed by atoms with Gasteiger partial charge in [-0.2, -0.15) is 5.10 Å². The van der Waals surface area contributed by atoms with Crippen LogP contribution in [0.4, 0.5) is 0 Å². The van der Waals surface area contributed by atoms with Gasteiger partial charge in [0.05, 0.1) is 24.4 Å². The van der Waals surface area contributed by atoms with Gasteiger partial charge < -0.3 is 15.2 Å². The van der Waals surface area contributed by atoms with Crippen LogP contribution in [0.2, 0.25) is 0 Å². The monoisotopic (exact) mass is 254 g/mol. The molecule has 102 valence electrons. The van der Waals surface area contributed by atoms with Gasteiger partial charge in [0.15, 0.2) is 0 Å². The van der Waals surface area contributed by atoms with Crippen molar-refractivity contribution in [1.29, 1.82) is 0 Å². The third-order valence-electron chi connectivity index (χ3n) is 3.62. The second-order valence-corrected chi connectivity index (χ2v) is 4.70. The normalized spacial score (nSPS) is 26.7. The number of methoxy groups -OCH3 is 2. The summed E-state index contributed by atoms with van der Waals surface area (Å²) in [5, 5.41) is 4.21. The molecule has 0 aliphatic carbocycles. The number of aromatic nitrogens is 2. The summed E-state index contributed by atoms with van der Waals surface area (Å²) in [5.74, 6) is 0. The number of nitrogens with zero attached hydrogens (tertiary/aromatic N) is 3. The molecule has 3 atom stereocenters. The number of nitrogens with two attached hydrogens (primary N) is 1. The Morgan fingerprint density at radius 2 is 2.00 bits per heavy atom. The van der Waals surface area contributed by atoms with E-state index in [4.69, 9.17) is 15.2 Å². The Kier molecular flexibility index (Phi) is 4.34. The zero-order valence-corrected chi connectivity index (χ0v) is 11.2. The Morgan fingerprint density at radius 3 is 2.39 bits per heavy atom. The molecular weight excluding hydrogens is 232 g/mol. The van der Waals surface area contributed by atoms with Crippen molar-refractivity contribution in [3.63, 3.8) is 0 Å². The van der Waals surface area contributed by atoms with Crippen molar-refractivity contribution in [2.24, 2.45) is 12.8 Å². The summed E-state index contributed by atoms with van der Waals surface area (Å²) in [7, 11) is 5.36. The molecule has 2 heterocycles. The van der Waals surface area contributed by atoms with Crippen LogP contribution in [0.25, 0.3) is 0 Å². The van der Waals surface area contributed by atoms with E-state index < -0.39 is 0 Å². The fourth-order valence-electron chi connectivity index (χ4n) is 2.59. The first kappa shape index (κ1) is 13.5. The molecule has 1 aliphatic heterocycles. The van der Waals surface area contributed by atoms with Crippen molar-refractivity contribution in [3.8, 4) is 0 Å². The zero-order valence-electron chi connectivity index (χ0n) is 11.2. The van der Waals surface area contributed by atoms with Crippen molar-refractivity contribution < 1.29 is 9.47 Å². The SMILES string of the molecule is COC1CN(C(CN)c2cnn(C)c2)CC1OC. The molecule has 0 amide bonds. The number of aryl methyl sites for hydroxylation is 1. The third-order valence-corrected chi connectivity index (χ3v) is 3.62. The fourth-order valence-corrected chi connectivity index (χ4v) is 2.59. The summed E-state index contributed by atoms with van der Waals surface area (Å²) >= 11 is 0. The van der Waals surface area contributed by atoms with Gasteiger partial charge in [-0.15, -0.1) is 0 Å². The lowest BCUT2D eigenvalue weighted by atomic mass is 10.1. The van der Waals surface area contributed by atoms with Crippen LogP contribution in [0.5, 0.6) is 0 Å². The molecular formula is C12H22N4O2. The molecule has 1 aliphatic rings. The maximum Gasteiger partial charge on any atom is 0.0972 e. The minimum atomic E-state index is 0.112. The van der Waals surface area contributed by atoms with Crippen LogP contribution in [0.3, 0.4) is 0 Å². The van der Waals surface area contributed by atoms with E-state index >= 15 is 0 Å². The van der Waals surface area contributed by atoms with Crippen molar-refractivity contribution in [2.45, 2.75) is 18.2 Å². The molecule has 0 bridgehead atoms. The molecule has 2 N–H and O–H groups in total. The van der Waals surface area contributed by atoms with Crippen molar-refractivity contribution in [3.05, 3.63) is 18.0 Å². The lowest BCUT2D eigenvalue weighted by Gasteiger charge is -2.25. The smallest absolute Gasteiger partial charge is 0.0972 e. The minimum Gasteiger partial charge on any atom is -0.377 e. The second-order valence-electron chi connectivity index (χ2n) is 4.70. The van der Waals surface area contributed by atoms with Gasteiger partial charge in [0, 0.05) is 52.7 Å². The quantitative estimate of drug-likeness (QED) is 0.786. The maximum atomic E-state index is 5.91. The van der Waals surface area contributed by atoms with Crippen LogP contribution < -0.4 is 5.73 Å². The molecule has 18 heavy (non-hydrogen) atoms. The Balaban J connectivity index is 2.10. The Labute approximate surface area is 108 Å². The van der Waals surface area contributed by atoms with E-state index in [-0.39, 0.29) is 18.2 Å². The molecule has 0 aromatic carbocycles. The number of ether oxygens (including phenoxy) is 2. The van der Waals surface area contributed by atoms with E-state index in [0.29, 0.717) is 6.54 Å². The maximum absolute atomic E-state index is 5.91. The van der Waals surface area contributed by atoms with Gasteiger partial charge in [0.2, 0.25) is 0 Å². The predicted molar refractivity (Wildman–Crippen MR) is 68.2 cm³/mol. The van der Waals surface area contributed by atoms with Crippen LogP contribution in [0.15, 0.2) is 12.4 Å². The minimum absolute atomic E-state index is 0.112. The first-order chi connectivity index (χ1) is 8.69. The van der Waals surface area contributed by atoms with Crippen molar-refractivity contribution >= 4 is 0 Å². The molecule has 0 radical (unpaired) electrons. The molecule has 1 fully saturated rings. The highest BCUT2D eigenvalue weighted by Crippen LogP contribution is 2.26. The van der Waals surface area contributed by atoms with Gasteiger partial charge in [0.25, 0.3) is 0 Å². The van der Waals surface area contributed by atoms with Crippen LogP contribution in [0, 0.1) is 0 Å². The second kappa shape index (κ2) is 5.79. The Bertz CT molecular complexity index is 370. The van der Waals surface area contributed by atoms with E-state index in [1.165, 1.54) is 0 Å². The highest BCUT2D eigenvalue weighted by molar-refractivity contribution is 5.12. The van der Waals surface area contributed by atoms with Gasteiger partial charge in [-0.05, 0) is 0 Å². The molecule has 1 aromatic rings. The van der Waals surface area contributed by atoms with Gasteiger partial charge in [-0.25, -0.2) is 0 Å². The summed E-state index contributed by atoms with van der Waals surface area (Å²) < 4.78 is 12.7. The molecule has 2 rings (SSSR count). The molecule has 1 aromatic heterocycles. The highest BCUT2D eigenvalue weighted by atomic mass is 16.5. The zero-order chi connectivity index (χ0) is 13.1. The highest BCUT2D eigenvalue weighted by Gasteiger charge is 2.36. The molecule has 0 saturated carbocycles. The molecule has 1 saturated heterocycles. The largest absolute Gasteiger partial charge is 0.377 e. The van der Waals surface area contributed by atoms with E-state index in [9.17, 15) is 0 Å². The van der Waals surface area contributed by atoms with E-state index in [1.54, 1.807) is 18.9 Å². The van der Waals surface area contributed by atoms with Crippen LogP contribution in [0.1, 0.15) is 11.6 Å². The summed E-state index contributed by atoms with van der Waals surface area (Å²) in [6.07, 6.45) is 4.11. The summed E-state index contributed by atoms with van der Waals surface area (Å²) in [5.41, 5.74) is 7.05. The summed E-state index contributed by atoms with van der Waals surface area (Å²) in [6.45, 7) is 2.25. The number of hydrogen-bond acceptors (Lipinski definition) is 5. The van der Waals surface area contributed by atoms with Gasteiger partial charge in [0.1, 0.15) is 0 Å². The van der Waals surface area contributed by atoms with Crippen molar-refractivity contribution in [1.82, 2.24) is 14.7 Å². The van der Waals surface area contributed by atoms with E-state index in [2.05, 4.69) is 10.00 Å². The number of rotatable bonds is 5. The lowest BCUT2D eigenvalue weighted by molar-refractivity contribution is -0.00461. The summed E-state index contributed by atoms with van der Waals surface area (Å²) in [6, 6.07) is 0.177. The Morgan fingerprint density at radius 1 is 1.39 bits per heavy atom. The van der Waals surface area contributed by atoms with Gasteiger partial charge >= 0.3 is 0 Å². The Hall–Kier alpha value is -0.950. The standard InChI is InChI=1S/C12H22N4O2/c1-15-6-9(5-14-15)10(4-13)16-7-11(17-2)12(8-16)18-3/h5-6,10-12H,4,7-8,13H2,1-3H3. The number of likely N-dealkylation sites (tertiary alicyclic amines) is 1. The first-order valence-electron chi connectivity index (χ1n) is 6.17. The molecule has 6 heteroatoms. The average Bonchev–Trinajstić information content (AvgIpc) is 2.97. The van der Waals surface area contributed by atoms with E-state index in [1.807, 2.05) is 19.4 Å². The van der Waals surface area contributed by atoms with Crippen LogP contribution in [-0.4, -0.2) is 60.7 Å². The molecule has 0 spiro atoms.